The highest BCUT2D eigenvalue weighted by Crippen LogP contribution is 2.27. The standard InChI is InChI=1S/C13H18N6O2S/c1-21-12-7-9(19-8-15-17-18-19)3-4-11(12)16-13(20)10(14)5-6-22-2/h3-4,7-8,10H,5-6,14H2,1-2H3,(H,16,20)/t10-/m0/s1. The first kappa shape index (κ1) is 16.2. The van der Waals surface area contributed by atoms with E-state index in [-0.39, 0.29) is 5.91 Å². The number of nitrogens with one attached hydrogen (secondary N) is 1. The number of thioether (sulfide) groups is 1. The van der Waals surface area contributed by atoms with Gasteiger partial charge in [0.15, 0.2) is 0 Å². The number of anilines is 1. The topological polar surface area (TPSA) is 108 Å². The lowest BCUT2D eigenvalue weighted by molar-refractivity contribution is -0.117. The van der Waals surface area contributed by atoms with E-state index in [0.717, 1.165) is 11.4 Å². The first-order chi connectivity index (χ1) is 10.7. The van der Waals surface area contributed by atoms with E-state index in [1.54, 1.807) is 30.0 Å². The van der Waals surface area contributed by atoms with Crippen LogP contribution in [-0.2, 0) is 4.79 Å². The molecule has 2 rings (SSSR count). The van der Waals surface area contributed by atoms with Gasteiger partial charge < -0.3 is 15.8 Å². The Kier molecular flexibility index (Phi) is 5.73. The number of rotatable bonds is 7. The Labute approximate surface area is 132 Å². The van der Waals surface area contributed by atoms with Crippen molar-refractivity contribution in [2.75, 3.05) is 24.4 Å². The van der Waals surface area contributed by atoms with E-state index in [1.807, 2.05) is 6.26 Å². The Hall–Kier alpha value is -2.13. The molecular weight excluding hydrogens is 304 g/mol. The molecular formula is C13H18N6O2S. The Bertz CT molecular complexity index is 619. The maximum absolute atomic E-state index is 12.1. The van der Waals surface area contributed by atoms with Crippen LogP contribution in [0.3, 0.4) is 0 Å². The van der Waals surface area contributed by atoms with Gasteiger partial charge in [-0.05, 0) is 41.0 Å². The van der Waals surface area contributed by atoms with Crippen LogP contribution in [0.1, 0.15) is 6.42 Å². The summed E-state index contributed by atoms with van der Waals surface area (Å²) in [6, 6.07) is 4.70. The fourth-order valence-electron chi connectivity index (χ4n) is 1.81. The Morgan fingerprint density at radius 1 is 1.55 bits per heavy atom. The predicted octanol–water partition coefficient (Wildman–Crippen LogP) is 0.690. The van der Waals surface area contributed by atoms with Gasteiger partial charge in [-0.1, -0.05) is 0 Å². The van der Waals surface area contributed by atoms with Crippen LogP contribution >= 0.6 is 11.8 Å². The van der Waals surface area contributed by atoms with Gasteiger partial charge in [-0.3, -0.25) is 4.79 Å². The van der Waals surface area contributed by atoms with Gasteiger partial charge in [0.1, 0.15) is 12.1 Å². The molecule has 0 unspecified atom stereocenters. The summed E-state index contributed by atoms with van der Waals surface area (Å²) in [5.41, 5.74) is 7.14. The van der Waals surface area contributed by atoms with Crippen molar-refractivity contribution in [3.63, 3.8) is 0 Å². The number of amides is 1. The minimum Gasteiger partial charge on any atom is -0.494 e. The molecule has 0 fully saturated rings. The second-order valence-corrected chi connectivity index (χ2v) is 5.50. The monoisotopic (exact) mass is 322 g/mol. The summed E-state index contributed by atoms with van der Waals surface area (Å²) in [4.78, 5) is 12.1. The molecule has 2 aromatic rings. The largest absolute Gasteiger partial charge is 0.494 e. The third kappa shape index (κ3) is 3.95. The minimum absolute atomic E-state index is 0.234. The number of aromatic nitrogens is 4. The summed E-state index contributed by atoms with van der Waals surface area (Å²) >= 11 is 1.66. The summed E-state index contributed by atoms with van der Waals surface area (Å²) in [6.07, 6.45) is 4.08. The molecule has 0 aliphatic rings. The number of carbonyl (C=O) groups is 1. The molecule has 0 aliphatic carbocycles. The van der Waals surface area contributed by atoms with Crippen molar-refractivity contribution in [1.29, 1.82) is 0 Å². The summed E-state index contributed by atoms with van der Waals surface area (Å²) in [5, 5.41) is 13.7. The van der Waals surface area contributed by atoms with Gasteiger partial charge in [-0.15, -0.1) is 5.10 Å². The summed E-state index contributed by atoms with van der Waals surface area (Å²) in [7, 11) is 1.53. The van der Waals surface area contributed by atoms with Crippen molar-refractivity contribution in [2.45, 2.75) is 12.5 Å². The van der Waals surface area contributed by atoms with Crippen LogP contribution in [0.5, 0.6) is 5.75 Å². The molecule has 118 valence electrons. The van der Waals surface area contributed by atoms with Crippen molar-refractivity contribution in [3.8, 4) is 11.4 Å². The summed E-state index contributed by atoms with van der Waals surface area (Å²) in [6.45, 7) is 0. The number of carbonyl (C=O) groups excluding carboxylic acids is 1. The lowest BCUT2D eigenvalue weighted by Crippen LogP contribution is -2.36. The fourth-order valence-corrected chi connectivity index (χ4v) is 2.30. The Morgan fingerprint density at radius 3 is 3.00 bits per heavy atom. The zero-order chi connectivity index (χ0) is 15.9. The molecule has 1 aromatic carbocycles. The second-order valence-electron chi connectivity index (χ2n) is 4.52. The second kappa shape index (κ2) is 7.76. The van der Waals surface area contributed by atoms with Crippen LogP contribution in [0.15, 0.2) is 24.5 Å². The number of tetrazole rings is 1. The highest BCUT2D eigenvalue weighted by molar-refractivity contribution is 7.98. The summed E-state index contributed by atoms with van der Waals surface area (Å²) < 4.78 is 6.80. The van der Waals surface area contributed by atoms with Crippen LogP contribution in [0.4, 0.5) is 5.69 Å². The van der Waals surface area contributed by atoms with E-state index in [4.69, 9.17) is 10.5 Å². The average Bonchev–Trinajstić information content (AvgIpc) is 3.07. The number of methoxy groups -OCH3 is 1. The molecule has 3 N–H and O–H groups in total. The van der Waals surface area contributed by atoms with Crippen molar-refractivity contribution in [1.82, 2.24) is 20.2 Å². The quantitative estimate of drug-likeness (QED) is 0.772. The molecule has 1 atom stereocenters. The van der Waals surface area contributed by atoms with Crippen molar-refractivity contribution in [2.24, 2.45) is 5.73 Å². The van der Waals surface area contributed by atoms with Crippen LogP contribution in [0, 0.1) is 0 Å². The van der Waals surface area contributed by atoms with E-state index in [2.05, 4.69) is 20.8 Å². The third-order valence-corrected chi connectivity index (χ3v) is 3.67. The average molecular weight is 322 g/mol. The predicted molar refractivity (Wildman–Crippen MR) is 85.3 cm³/mol. The van der Waals surface area contributed by atoms with Gasteiger partial charge in [-0.2, -0.15) is 11.8 Å². The van der Waals surface area contributed by atoms with Gasteiger partial charge >= 0.3 is 0 Å². The van der Waals surface area contributed by atoms with Gasteiger partial charge in [-0.25, -0.2) is 4.68 Å². The normalized spacial score (nSPS) is 12.0. The molecule has 0 aliphatic heterocycles. The maximum Gasteiger partial charge on any atom is 0.241 e. The minimum atomic E-state index is -0.545. The molecule has 8 nitrogen and oxygen atoms in total. The fraction of sp³-hybridized carbons (Fsp3) is 0.385. The highest BCUT2D eigenvalue weighted by atomic mass is 32.2. The first-order valence-electron chi connectivity index (χ1n) is 6.62. The smallest absolute Gasteiger partial charge is 0.241 e. The zero-order valence-corrected chi connectivity index (χ0v) is 13.2. The van der Waals surface area contributed by atoms with E-state index in [9.17, 15) is 4.79 Å². The van der Waals surface area contributed by atoms with E-state index in [1.165, 1.54) is 18.1 Å². The number of nitrogens with zero attached hydrogens (tertiary/aromatic N) is 4. The van der Waals surface area contributed by atoms with Gasteiger partial charge in [0.25, 0.3) is 0 Å². The maximum atomic E-state index is 12.1. The molecule has 1 aromatic heterocycles. The van der Waals surface area contributed by atoms with Crippen LogP contribution in [0.25, 0.3) is 5.69 Å². The molecule has 0 spiro atoms. The third-order valence-electron chi connectivity index (χ3n) is 3.03. The van der Waals surface area contributed by atoms with Crippen LogP contribution in [-0.4, -0.2) is 51.3 Å². The molecule has 9 heteroatoms. The molecule has 0 radical (unpaired) electrons. The van der Waals surface area contributed by atoms with Crippen molar-refractivity contribution < 1.29 is 9.53 Å². The first-order valence-corrected chi connectivity index (χ1v) is 8.02. The molecule has 22 heavy (non-hydrogen) atoms. The molecule has 0 saturated heterocycles. The SMILES string of the molecule is COc1cc(-n2cnnn2)ccc1NC(=O)[C@@H](N)CCSC. The molecule has 0 bridgehead atoms. The summed E-state index contributed by atoms with van der Waals surface area (Å²) in [5.74, 6) is 1.12. The van der Waals surface area contributed by atoms with Gasteiger partial charge in [0.2, 0.25) is 5.91 Å². The number of benzene rings is 1. The van der Waals surface area contributed by atoms with Crippen LogP contribution < -0.4 is 15.8 Å². The lowest BCUT2D eigenvalue weighted by Gasteiger charge is -2.14. The van der Waals surface area contributed by atoms with Crippen molar-refractivity contribution >= 4 is 23.4 Å². The number of nitrogens with two attached hydrogens (primary N) is 1. The Morgan fingerprint density at radius 2 is 2.36 bits per heavy atom. The van der Waals surface area contributed by atoms with Crippen molar-refractivity contribution in [3.05, 3.63) is 24.5 Å². The van der Waals surface area contributed by atoms with Gasteiger partial charge in [0.05, 0.1) is 24.5 Å². The molecule has 1 amide bonds. The zero-order valence-electron chi connectivity index (χ0n) is 12.4. The number of hydrogen-bond acceptors (Lipinski definition) is 7. The molecule has 1 heterocycles. The number of ether oxygens (including phenoxy) is 1. The number of hydrogen-bond donors (Lipinski definition) is 2. The highest BCUT2D eigenvalue weighted by Gasteiger charge is 2.15. The van der Waals surface area contributed by atoms with Gasteiger partial charge in [0, 0.05) is 6.07 Å². The Balaban J connectivity index is 2.12. The van der Waals surface area contributed by atoms with E-state index < -0.39 is 6.04 Å². The van der Waals surface area contributed by atoms with Crippen LogP contribution in [0.2, 0.25) is 0 Å². The lowest BCUT2D eigenvalue weighted by atomic mass is 10.2. The van der Waals surface area contributed by atoms with E-state index >= 15 is 0 Å². The molecule has 0 saturated carbocycles. The van der Waals surface area contributed by atoms with E-state index in [0.29, 0.717) is 17.9 Å².